The first-order valence-electron chi connectivity index (χ1n) is 6.36. The Morgan fingerprint density at radius 1 is 1.18 bits per heavy atom. The van der Waals surface area contributed by atoms with Crippen molar-refractivity contribution in [3.63, 3.8) is 0 Å². The van der Waals surface area contributed by atoms with E-state index in [1.807, 2.05) is 18.2 Å². The minimum absolute atomic E-state index is 0.228. The summed E-state index contributed by atoms with van der Waals surface area (Å²) in [4.78, 5) is 2.28. The average molecular weight is 235 g/mol. The van der Waals surface area contributed by atoms with E-state index in [-0.39, 0.29) is 6.10 Å². The lowest BCUT2D eigenvalue weighted by Crippen LogP contribution is -2.41. The summed E-state index contributed by atoms with van der Waals surface area (Å²) in [6.45, 7) is 4.26. The van der Waals surface area contributed by atoms with Gasteiger partial charge in [-0.2, -0.15) is 0 Å². The first-order valence-corrected chi connectivity index (χ1v) is 6.36. The number of nitrogens with zero attached hydrogens (tertiary/aromatic N) is 1. The Bertz CT molecular complexity index is 309. The maximum Gasteiger partial charge on any atom is 0.0670 e. The number of benzene rings is 1. The van der Waals surface area contributed by atoms with Gasteiger partial charge in [0.2, 0.25) is 0 Å². The van der Waals surface area contributed by atoms with Gasteiger partial charge in [0.25, 0.3) is 0 Å². The van der Waals surface area contributed by atoms with E-state index in [9.17, 15) is 5.11 Å². The Morgan fingerprint density at radius 3 is 2.59 bits per heavy atom. The van der Waals surface area contributed by atoms with Crippen molar-refractivity contribution < 1.29 is 9.84 Å². The maximum atomic E-state index is 9.98. The summed E-state index contributed by atoms with van der Waals surface area (Å²) in [6, 6.07) is 10.3. The molecule has 0 bridgehead atoms. The molecular formula is C14H21NO2. The third kappa shape index (κ3) is 4.46. The highest BCUT2D eigenvalue weighted by Gasteiger charge is 2.14. The number of hydrogen-bond acceptors (Lipinski definition) is 3. The molecule has 3 heteroatoms. The number of rotatable bonds is 5. The largest absolute Gasteiger partial charge is 0.392 e. The molecule has 94 valence electrons. The van der Waals surface area contributed by atoms with Gasteiger partial charge in [-0.15, -0.1) is 0 Å². The van der Waals surface area contributed by atoms with E-state index in [0.29, 0.717) is 0 Å². The van der Waals surface area contributed by atoms with Crippen molar-refractivity contribution in [1.29, 1.82) is 0 Å². The van der Waals surface area contributed by atoms with Crippen molar-refractivity contribution in [3.05, 3.63) is 35.9 Å². The Labute approximate surface area is 103 Å². The molecule has 1 fully saturated rings. The molecule has 0 aliphatic carbocycles. The average Bonchev–Trinajstić information content (AvgIpc) is 2.39. The molecule has 1 unspecified atom stereocenters. The van der Waals surface area contributed by atoms with Crippen molar-refractivity contribution in [3.8, 4) is 0 Å². The van der Waals surface area contributed by atoms with E-state index < -0.39 is 0 Å². The minimum Gasteiger partial charge on any atom is -0.392 e. The fourth-order valence-electron chi connectivity index (χ4n) is 2.15. The molecule has 1 aromatic carbocycles. The monoisotopic (exact) mass is 235 g/mol. The zero-order valence-electron chi connectivity index (χ0n) is 10.2. The summed E-state index contributed by atoms with van der Waals surface area (Å²) in [5, 5.41) is 9.98. The van der Waals surface area contributed by atoms with Gasteiger partial charge in [0.05, 0.1) is 19.3 Å². The molecule has 1 aliphatic rings. The van der Waals surface area contributed by atoms with Crippen LogP contribution in [0.2, 0.25) is 0 Å². The van der Waals surface area contributed by atoms with Gasteiger partial charge in [-0.05, 0) is 18.4 Å². The fraction of sp³-hybridized carbons (Fsp3) is 0.571. The molecule has 0 spiro atoms. The van der Waals surface area contributed by atoms with Crippen LogP contribution >= 0.6 is 0 Å². The zero-order chi connectivity index (χ0) is 11.9. The smallest absolute Gasteiger partial charge is 0.0670 e. The number of aryl methyl sites for hydroxylation is 1. The Balaban J connectivity index is 1.68. The van der Waals surface area contributed by atoms with E-state index in [1.54, 1.807) is 0 Å². The van der Waals surface area contributed by atoms with Gasteiger partial charge in [0, 0.05) is 19.6 Å². The molecule has 1 aromatic rings. The van der Waals surface area contributed by atoms with E-state index in [0.717, 1.165) is 45.7 Å². The van der Waals surface area contributed by atoms with Gasteiger partial charge in [-0.1, -0.05) is 30.3 Å². The van der Waals surface area contributed by atoms with E-state index >= 15 is 0 Å². The molecule has 1 N–H and O–H groups in total. The number of hydrogen-bond donors (Lipinski definition) is 1. The van der Waals surface area contributed by atoms with E-state index in [1.165, 1.54) is 5.56 Å². The van der Waals surface area contributed by atoms with Gasteiger partial charge in [-0.25, -0.2) is 0 Å². The van der Waals surface area contributed by atoms with Crippen molar-refractivity contribution in [2.24, 2.45) is 0 Å². The van der Waals surface area contributed by atoms with Crippen molar-refractivity contribution >= 4 is 0 Å². The van der Waals surface area contributed by atoms with Crippen LogP contribution in [0.5, 0.6) is 0 Å². The fourth-order valence-corrected chi connectivity index (χ4v) is 2.15. The molecule has 0 aromatic heterocycles. The third-order valence-corrected chi connectivity index (χ3v) is 3.18. The second kappa shape index (κ2) is 6.74. The summed E-state index contributed by atoms with van der Waals surface area (Å²) >= 11 is 0. The first-order chi connectivity index (χ1) is 8.34. The summed E-state index contributed by atoms with van der Waals surface area (Å²) in [5.74, 6) is 0. The highest BCUT2D eigenvalue weighted by Crippen LogP contribution is 2.07. The van der Waals surface area contributed by atoms with Crippen LogP contribution in [0.4, 0.5) is 0 Å². The molecule has 2 rings (SSSR count). The lowest BCUT2D eigenvalue weighted by molar-refractivity contribution is 0.0133. The van der Waals surface area contributed by atoms with Gasteiger partial charge in [0.15, 0.2) is 0 Å². The van der Waals surface area contributed by atoms with Gasteiger partial charge < -0.3 is 9.84 Å². The number of morpholine rings is 1. The molecule has 1 aliphatic heterocycles. The summed E-state index contributed by atoms with van der Waals surface area (Å²) in [6.07, 6.45) is 1.56. The van der Waals surface area contributed by atoms with E-state index in [2.05, 4.69) is 17.0 Å². The number of β-amino-alcohol motifs (C(OH)–C–C–N with tert-alkyl or cyclic N) is 1. The van der Waals surface area contributed by atoms with Gasteiger partial charge in [-0.3, -0.25) is 4.90 Å². The summed E-state index contributed by atoms with van der Waals surface area (Å²) < 4.78 is 5.29. The molecule has 3 nitrogen and oxygen atoms in total. The number of aliphatic hydroxyl groups excluding tert-OH is 1. The lowest BCUT2D eigenvalue weighted by atomic mass is 10.1. The van der Waals surface area contributed by atoms with E-state index in [4.69, 9.17) is 4.74 Å². The Morgan fingerprint density at radius 2 is 1.88 bits per heavy atom. The second-order valence-electron chi connectivity index (χ2n) is 4.59. The van der Waals surface area contributed by atoms with Crippen LogP contribution in [0, 0.1) is 0 Å². The standard InChI is InChI=1S/C14H21NO2/c16-14(12-15-8-10-17-11-9-15)7-6-13-4-2-1-3-5-13/h1-5,14,16H,6-12H2. The van der Waals surface area contributed by atoms with Crippen LogP contribution in [0.3, 0.4) is 0 Å². The molecule has 17 heavy (non-hydrogen) atoms. The zero-order valence-corrected chi connectivity index (χ0v) is 10.2. The van der Waals surface area contributed by atoms with Crippen LogP contribution in [-0.4, -0.2) is 49.0 Å². The van der Waals surface area contributed by atoms with Gasteiger partial charge in [0.1, 0.15) is 0 Å². The van der Waals surface area contributed by atoms with Crippen LogP contribution in [0.1, 0.15) is 12.0 Å². The van der Waals surface area contributed by atoms with Crippen molar-refractivity contribution in [2.45, 2.75) is 18.9 Å². The molecule has 0 radical (unpaired) electrons. The predicted molar refractivity (Wildman–Crippen MR) is 68.0 cm³/mol. The molecule has 1 heterocycles. The lowest BCUT2D eigenvalue weighted by Gasteiger charge is -2.28. The highest BCUT2D eigenvalue weighted by atomic mass is 16.5. The summed E-state index contributed by atoms with van der Waals surface area (Å²) in [5.41, 5.74) is 1.30. The van der Waals surface area contributed by atoms with Crippen molar-refractivity contribution in [2.75, 3.05) is 32.8 Å². The maximum absolute atomic E-state index is 9.98. The van der Waals surface area contributed by atoms with Crippen LogP contribution < -0.4 is 0 Å². The predicted octanol–water partition coefficient (Wildman–Crippen LogP) is 1.31. The normalized spacial score (nSPS) is 19.1. The SMILES string of the molecule is OC(CCc1ccccc1)CN1CCOCC1. The van der Waals surface area contributed by atoms with Crippen LogP contribution in [0.15, 0.2) is 30.3 Å². The number of ether oxygens (including phenoxy) is 1. The Hall–Kier alpha value is -0.900. The first kappa shape index (κ1) is 12.6. The van der Waals surface area contributed by atoms with Crippen LogP contribution in [-0.2, 0) is 11.2 Å². The molecule has 0 saturated carbocycles. The molecule has 0 amide bonds. The van der Waals surface area contributed by atoms with Crippen molar-refractivity contribution in [1.82, 2.24) is 4.90 Å². The topological polar surface area (TPSA) is 32.7 Å². The molecule has 1 saturated heterocycles. The third-order valence-electron chi connectivity index (χ3n) is 3.18. The molecular weight excluding hydrogens is 214 g/mol. The minimum atomic E-state index is -0.228. The highest BCUT2D eigenvalue weighted by molar-refractivity contribution is 5.14. The number of aliphatic hydroxyl groups is 1. The quantitative estimate of drug-likeness (QED) is 0.835. The molecule has 1 atom stereocenters. The second-order valence-corrected chi connectivity index (χ2v) is 4.59. The van der Waals surface area contributed by atoms with Gasteiger partial charge >= 0.3 is 0 Å². The summed E-state index contributed by atoms with van der Waals surface area (Å²) in [7, 11) is 0. The Kier molecular flexibility index (Phi) is 4.98. The van der Waals surface area contributed by atoms with Crippen LogP contribution in [0.25, 0.3) is 0 Å².